The zero-order chi connectivity index (χ0) is 17.1. The van der Waals surface area contributed by atoms with Crippen LogP contribution in [0.1, 0.15) is 72.6 Å². The summed E-state index contributed by atoms with van der Waals surface area (Å²) in [4.78, 5) is 25.5. The van der Waals surface area contributed by atoms with Crippen LogP contribution in [-0.4, -0.2) is 23.0 Å². The summed E-state index contributed by atoms with van der Waals surface area (Å²) >= 11 is 0. The van der Waals surface area contributed by atoms with Crippen molar-refractivity contribution < 1.29 is 19.4 Å². The Hall–Kier alpha value is -1.94. The maximum Gasteiger partial charge on any atom is 0.228 e. The first-order valence-electron chi connectivity index (χ1n) is 8.90. The summed E-state index contributed by atoms with van der Waals surface area (Å²) in [5.74, 6) is -0.438. The molecule has 1 aliphatic heterocycles. The smallest absolute Gasteiger partial charge is 0.228 e. The van der Waals surface area contributed by atoms with E-state index in [1.807, 2.05) is 0 Å². The number of benzene rings is 1. The third kappa shape index (κ3) is 3.16. The molecule has 1 heterocycles. The van der Waals surface area contributed by atoms with Crippen LogP contribution in [-0.2, 0) is 4.74 Å². The van der Waals surface area contributed by atoms with Crippen molar-refractivity contribution in [2.45, 2.75) is 58.2 Å². The highest BCUT2D eigenvalue weighted by Gasteiger charge is 2.41. The van der Waals surface area contributed by atoms with Gasteiger partial charge in [0.25, 0.3) is 0 Å². The van der Waals surface area contributed by atoms with E-state index in [-0.39, 0.29) is 23.2 Å². The van der Waals surface area contributed by atoms with E-state index >= 15 is 0 Å². The summed E-state index contributed by atoms with van der Waals surface area (Å²) in [6.45, 7) is 2.18. The molecule has 4 nitrogen and oxygen atoms in total. The molecular formula is C20H24O4. The molecule has 2 aliphatic rings. The minimum Gasteiger partial charge on any atom is -0.461 e. The van der Waals surface area contributed by atoms with Crippen molar-refractivity contribution in [3.63, 3.8) is 0 Å². The average molecular weight is 328 g/mol. The molecule has 0 fully saturated rings. The minimum atomic E-state index is -1.01. The second kappa shape index (κ2) is 7.31. The molecule has 0 spiro atoms. The van der Waals surface area contributed by atoms with E-state index in [4.69, 9.17) is 4.74 Å². The summed E-state index contributed by atoms with van der Waals surface area (Å²) < 4.78 is 5.37. The molecule has 2 atom stereocenters. The monoisotopic (exact) mass is 328 g/mol. The van der Waals surface area contributed by atoms with Crippen molar-refractivity contribution in [1.82, 2.24) is 0 Å². The number of aliphatic hydroxyl groups is 1. The molecule has 1 N–H and O–H groups in total. The number of carbonyl (C=O) groups excluding carboxylic acids is 2. The third-order valence-corrected chi connectivity index (χ3v) is 4.92. The molecule has 1 aromatic carbocycles. The second-order valence-corrected chi connectivity index (χ2v) is 6.65. The van der Waals surface area contributed by atoms with E-state index in [0.29, 0.717) is 23.1 Å². The average Bonchev–Trinajstić information content (AvgIpc) is 2.59. The van der Waals surface area contributed by atoms with Gasteiger partial charge in [-0.15, -0.1) is 0 Å². The standard InChI is InChI=1S/C20H24O4/c1-2-3-4-5-6-9-13-12-16(21)24-20-17(13)18(22)14-10-7-8-11-15(14)19(20)23/h7-8,10-11,13,16,21H,2-6,9,12H2,1H3/t13-,16?/m1/s1. The molecule has 128 valence electrons. The van der Waals surface area contributed by atoms with Gasteiger partial charge in [-0.3, -0.25) is 9.59 Å². The zero-order valence-electron chi connectivity index (χ0n) is 14.1. The maximum atomic E-state index is 12.9. The lowest BCUT2D eigenvalue weighted by molar-refractivity contribution is -0.0866. The number of Topliss-reactive ketones (excluding diaryl/α,β-unsaturated/α-hetero) is 2. The van der Waals surface area contributed by atoms with Crippen molar-refractivity contribution in [3.05, 3.63) is 46.7 Å². The van der Waals surface area contributed by atoms with Crippen LogP contribution >= 0.6 is 0 Å². The van der Waals surface area contributed by atoms with E-state index < -0.39 is 6.29 Å². The fraction of sp³-hybridized carbons (Fsp3) is 0.500. The maximum absolute atomic E-state index is 12.9. The fourth-order valence-corrected chi connectivity index (χ4v) is 3.66. The van der Waals surface area contributed by atoms with Crippen LogP contribution in [0.3, 0.4) is 0 Å². The van der Waals surface area contributed by atoms with Crippen molar-refractivity contribution in [2.24, 2.45) is 5.92 Å². The Morgan fingerprint density at radius 1 is 1.04 bits per heavy atom. The highest BCUT2D eigenvalue weighted by Crippen LogP contribution is 2.39. The predicted octanol–water partition coefficient (Wildman–Crippen LogP) is 4.04. The Labute approximate surface area is 142 Å². The highest BCUT2D eigenvalue weighted by molar-refractivity contribution is 6.26. The van der Waals surface area contributed by atoms with Crippen molar-refractivity contribution >= 4 is 11.6 Å². The number of aliphatic hydroxyl groups excluding tert-OH is 1. The van der Waals surface area contributed by atoms with Gasteiger partial charge in [0.15, 0.2) is 17.8 Å². The Bertz CT molecular complexity index is 674. The van der Waals surface area contributed by atoms with Crippen LogP contribution in [0.2, 0.25) is 0 Å². The number of carbonyl (C=O) groups is 2. The van der Waals surface area contributed by atoms with Crippen molar-refractivity contribution in [1.29, 1.82) is 0 Å². The van der Waals surface area contributed by atoms with Crippen LogP contribution in [0.5, 0.6) is 0 Å². The number of hydrogen-bond donors (Lipinski definition) is 1. The molecule has 0 bridgehead atoms. The molecule has 4 heteroatoms. The summed E-state index contributed by atoms with van der Waals surface area (Å²) in [7, 11) is 0. The van der Waals surface area contributed by atoms with Gasteiger partial charge in [0, 0.05) is 23.1 Å². The molecular weight excluding hydrogens is 304 g/mol. The van der Waals surface area contributed by atoms with Gasteiger partial charge >= 0.3 is 0 Å². The summed E-state index contributed by atoms with van der Waals surface area (Å²) in [6.07, 6.45) is 5.89. The summed E-state index contributed by atoms with van der Waals surface area (Å²) in [6, 6.07) is 6.85. The lowest BCUT2D eigenvalue weighted by Crippen LogP contribution is -2.35. The number of hydrogen-bond acceptors (Lipinski definition) is 4. The molecule has 0 saturated heterocycles. The van der Waals surface area contributed by atoms with Crippen LogP contribution in [0, 0.1) is 5.92 Å². The van der Waals surface area contributed by atoms with Gasteiger partial charge in [-0.1, -0.05) is 63.3 Å². The quantitative estimate of drug-likeness (QED) is 0.801. The largest absolute Gasteiger partial charge is 0.461 e. The van der Waals surface area contributed by atoms with Crippen molar-refractivity contribution in [2.75, 3.05) is 0 Å². The SMILES string of the molecule is CCCCCCC[C@@H]1CC(O)OC2=C1C(=O)c1ccccc1C2=O. The number of ether oxygens (including phenoxy) is 1. The third-order valence-electron chi connectivity index (χ3n) is 4.92. The van der Waals surface area contributed by atoms with Gasteiger partial charge in [0.05, 0.1) is 0 Å². The molecule has 3 rings (SSSR count). The molecule has 0 amide bonds. The first kappa shape index (κ1) is 16.9. The first-order valence-corrected chi connectivity index (χ1v) is 8.90. The highest BCUT2D eigenvalue weighted by atomic mass is 16.6. The second-order valence-electron chi connectivity index (χ2n) is 6.65. The normalized spacial score (nSPS) is 22.9. The summed E-state index contributed by atoms with van der Waals surface area (Å²) in [5.41, 5.74) is 1.30. The number of allylic oxidation sites excluding steroid dienone is 2. The van der Waals surface area contributed by atoms with E-state index in [0.717, 1.165) is 19.3 Å². The predicted molar refractivity (Wildman–Crippen MR) is 90.7 cm³/mol. The van der Waals surface area contributed by atoms with Crippen LogP contribution in [0.15, 0.2) is 35.6 Å². The van der Waals surface area contributed by atoms with Gasteiger partial charge in [-0.2, -0.15) is 0 Å². The van der Waals surface area contributed by atoms with Gasteiger partial charge in [0.1, 0.15) is 0 Å². The Morgan fingerprint density at radius 2 is 1.71 bits per heavy atom. The summed E-state index contributed by atoms with van der Waals surface area (Å²) in [5, 5.41) is 9.99. The number of unbranched alkanes of at least 4 members (excludes halogenated alkanes) is 4. The van der Waals surface area contributed by atoms with Crippen LogP contribution < -0.4 is 0 Å². The van der Waals surface area contributed by atoms with E-state index in [1.165, 1.54) is 19.3 Å². The Morgan fingerprint density at radius 3 is 2.42 bits per heavy atom. The van der Waals surface area contributed by atoms with E-state index in [9.17, 15) is 14.7 Å². The minimum absolute atomic E-state index is 0.0657. The van der Waals surface area contributed by atoms with E-state index in [1.54, 1.807) is 24.3 Å². The fourth-order valence-electron chi connectivity index (χ4n) is 3.66. The number of rotatable bonds is 6. The molecule has 1 aliphatic carbocycles. The zero-order valence-corrected chi connectivity index (χ0v) is 14.1. The number of fused-ring (bicyclic) bond motifs is 1. The lowest BCUT2D eigenvalue weighted by atomic mass is 9.77. The van der Waals surface area contributed by atoms with Gasteiger partial charge in [0.2, 0.25) is 5.78 Å². The van der Waals surface area contributed by atoms with Gasteiger partial charge in [-0.05, 0) is 12.3 Å². The molecule has 0 radical (unpaired) electrons. The van der Waals surface area contributed by atoms with Gasteiger partial charge < -0.3 is 9.84 Å². The Balaban J connectivity index is 1.83. The molecule has 24 heavy (non-hydrogen) atoms. The van der Waals surface area contributed by atoms with E-state index in [2.05, 4.69) is 6.92 Å². The first-order chi connectivity index (χ1) is 11.6. The molecule has 1 aromatic rings. The van der Waals surface area contributed by atoms with Crippen molar-refractivity contribution in [3.8, 4) is 0 Å². The molecule has 1 unspecified atom stereocenters. The van der Waals surface area contributed by atoms with Crippen LogP contribution in [0.25, 0.3) is 0 Å². The topological polar surface area (TPSA) is 63.6 Å². The molecule has 0 saturated carbocycles. The lowest BCUT2D eigenvalue weighted by Gasteiger charge is -2.33. The Kier molecular flexibility index (Phi) is 5.14. The van der Waals surface area contributed by atoms with Gasteiger partial charge in [-0.25, -0.2) is 0 Å². The van der Waals surface area contributed by atoms with Crippen LogP contribution in [0.4, 0.5) is 0 Å². The molecule has 0 aromatic heterocycles. The number of ketones is 2.